The number of rotatable bonds is 23. The number of unbranched alkanes of at least 4 members (excludes halogenated alkanes) is 13. The van der Waals surface area contributed by atoms with E-state index < -0.39 is 8.60 Å². The van der Waals surface area contributed by atoms with Crippen LogP contribution in [-0.4, -0.2) is 37.4 Å². The molecule has 0 amide bonds. The second kappa shape index (κ2) is 21.4. The number of nitrogens with zero attached hydrogens (tertiary/aromatic N) is 1. The molecule has 1 aliphatic rings. The van der Waals surface area contributed by atoms with Crippen molar-refractivity contribution in [3.8, 4) is 0 Å². The van der Waals surface area contributed by atoms with Gasteiger partial charge in [-0.3, -0.25) is 0 Å². The van der Waals surface area contributed by atoms with Crippen molar-refractivity contribution in [1.82, 2.24) is 0 Å². The Bertz CT molecular complexity index is 829. The van der Waals surface area contributed by atoms with Gasteiger partial charge in [0.25, 0.3) is 0 Å². The fraction of sp³-hybridized carbons (Fsp3) is 0.667. The SMILES string of the molecule is CCCCCCCCCCCCCCCCOP(OC)OC1CC[N+](Cc2ccccc2)(Cc2ccccc2)CC1. The molecule has 0 saturated carbocycles. The summed E-state index contributed by atoms with van der Waals surface area (Å²) < 4.78 is 19.1. The standard InChI is InChI=1S/C36H59NO3P/c1-3-4-5-6-7-8-9-10-11-12-13-14-15-22-31-39-41(38-2)40-36-27-29-37(30-28-36,32-34-23-18-16-19-24-34)33-35-25-20-17-21-26-35/h16-21,23-26,36H,3-15,22,27-33H2,1-2H3/q+1. The van der Waals surface area contributed by atoms with Crippen LogP contribution in [0.4, 0.5) is 0 Å². The molecule has 3 rings (SSSR count). The lowest BCUT2D eigenvalue weighted by Crippen LogP contribution is -2.52. The minimum Gasteiger partial charge on any atom is -0.316 e. The molecular weight excluding hydrogens is 525 g/mol. The van der Waals surface area contributed by atoms with Gasteiger partial charge in [-0.2, -0.15) is 0 Å². The molecule has 0 aromatic heterocycles. The monoisotopic (exact) mass is 584 g/mol. The number of quaternary nitrogens is 1. The Hall–Kier alpha value is -1.29. The molecule has 0 aliphatic carbocycles. The Kier molecular flexibility index (Phi) is 17.9. The maximum Gasteiger partial charge on any atom is 0.332 e. The van der Waals surface area contributed by atoms with Crippen LogP contribution in [0.5, 0.6) is 0 Å². The third kappa shape index (κ3) is 14.6. The number of hydrogen-bond acceptors (Lipinski definition) is 3. The third-order valence-electron chi connectivity index (χ3n) is 8.65. The van der Waals surface area contributed by atoms with Crippen molar-refractivity contribution >= 4 is 8.60 Å². The molecule has 0 bridgehead atoms. The van der Waals surface area contributed by atoms with Gasteiger partial charge in [-0.25, -0.2) is 0 Å². The summed E-state index contributed by atoms with van der Waals surface area (Å²) in [5.41, 5.74) is 2.83. The van der Waals surface area contributed by atoms with Gasteiger partial charge >= 0.3 is 8.60 Å². The first kappa shape index (κ1) is 34.2. The van der Waals surface area contributed by atoms with Crippen molar-refractivity contribution in [3.63, 3.8) is 0 Å². The zero-order chi connectivity index (χ0) is 28.9. The minimum absolute atomic E-state index is 0.218. The topological polar surface area (TPSA) is 27.7 Å². The average molecular weight is 585 g/mol. The van der Waals surface area contributed by atoms with E-state index in [0.717, 1.165) is 56.5 Å². The van der Waals surface area contributed by atoms with Crippen molar-refractivity contribution in [1.29, 1.82) is 0 Å². The largest absolute Gasteiger partial charge is 0.332 e. The summed E-state index contributed by atoms with van der Waals surface area (Å²) >= 11 is 0. The Morgan fingerprint density at radius 2 is 1.07 bits per heavy atom. The molecule has 0 N–H and O–H groups in total. The van der Waals surface area contributed by atoms with Gasteiger partial charge in [0, 0.05) is 31.1 Å². The maximum absolute atomic E-state index is 6.36. The highest BCUT2D eigenvalue weighted by Gasteiger charge is 2.36. The number of piperidine rings is 1. The van der Waals surface area contributed by atoms with Crippen LogP contribution in [0.1, 0.15) is 121 Å². The number of hydrogen-bond donors (Lipinski definition) is 0. The van der Waals surface area contributed by atoms with E-state index in [4.69, 9.17) is 13.6 Å². The predicted molar refractivity (Wildman–Crippen MR) is 175 cm³/mol. The van der Waals surface area contributed by atoms with E-state index in [1.54, 1.807) is 7.11 Å². The molecule has 4 nitrogen and oxygen atoms in total. The molecule has 230 valence electrons. The van der Waals surface area contributed by atoms with Gasteiger partial charge in [0.1, 0.15) is 13.1 Å². The molecule has 41 heavy (non-hydrogen) atoms. The van der Waals surface area contributed by atoms with E-state index >= 15 is 0 Å². The van der Waals surface area contributed by atoms with Gasteiger partial charge in [-0.1, -0.05) is 151 Å². The van der Waals surface area contributed by atoms with Crippen LogP contribution < -0.4 is 0 Å². The lowest BCUT2D eigenvalue weighted by atomic mass is 10.0. The summed E-state index contributed by atoms with van der Waals surface area (Å²) in [6.45, 7) is 7.39. The van der Waals surface area contributed by atoms with Crippen LogP contribution in [-0.2, 0) is 26.7 Å². The number of likely N-dealkylation sites (tertiary alicyclic amines) is 1. The van der Waals surface area contributed by atoms with Crippen LogP contribution in [0, 0.1) is 0 Å². The molecule has 0 radical (unpaired) electrons. The first-order chi connectivity index (χ1) is 20.2. The van der Waals surface area contributed by atoms with Gasteiger partial charge in [0.15, 0.2) is 0 Å². The van der Waals surface area contributed by atoms with Crippen molar-refractivity contribution in [2.45, 2.75) is 129 Å². The van der Waals surface area contributed by atoms with Crippen LogP contribution in [0.25, 0.3) is 0 Å². The zero-order valence-electron chi connectivity index (χ0n) is 26.3. The summed E-state index contributed by atoms with van der Waals surface area (Å²) in [4.78, 5) is 0. The second-order valence-corrected chi connectivity index (χ2v) is 13.5. The van der Waals surface area contributed by atoms with E-state index in [1.807, 2.05) is 0 Å². The molecule has 1 aliphatic heterocycles. The maximum atomic E-state index is 6.36. The van der Waals surface area contributed by atoms with Crippen molar-refractivity contribution in [3.05, 3.63) is 71.8 Å². The van der Waals surface area contributed by atoms with Crippen LogP contribution in [0.2, 0.25) is 0 Å². The van der Waals surface area contributed by atoms with Crippen LogP contribution in [0.3, 0.4) is 0 Å². The highest BCUT2D eigenvalue weighted by Crippen LogP contribution is 2.43. The highest BCUT2D eigenvalue weighted by molar-refractivity contribution is 7.41. The van der Waals surface area contributed by atoms with Crippen molar-refractivity contribution < 1.29 is 18.1 Å². The molecule has 1 fully saturated rings. The zero-order valence-corrected chi connectivity index (χ0v) is 27.2. The van der Waals surface area contributed by atoms with E-state index in [0.29, 0.717) is 0 Å². The summed E-state index contributed by atoms with van der Waals surface area (Å²) in [5.74, 6) is 0. The fourth-order valence-corrected chi connectivity index (χ4v) is 7.18. The highest BCUT2D eigenvalue weighted by atomic mass is 31.2. The van der Waals surface area contributed by atoms with Gasteiger partial charge in [-0.15, -0.1) is 0 Å². The molecule has 1 atom stereocenters. The first-order valence-electron chi connectivity index (χ1n) is 16.8. The Morgan fingerprint density at radius 1 is 0.634 bits per heavy atom. The summed E-state index contributed by atoms with van der Waals surface area (Å²) in [7, 11) is 0.470. The normalized spacial score (nSPS) is 16.1. The molecule has 1 unspecified atom stereocenters. The third-order valence-corrected chi connectivity index (χ3v) is 9.81. The Morgan fingerprint density at radius 3 is 1.51 bits per heavy atom. The second-order valence-electron chi connectivity index (χ2n) is 12.2. The summed E-state index contributed by atoms with van der Waals surface area (Å²) in [6.07, 6.45) is 21.5. The molecule has 2 aromatic carbocycles. The Labute approximate surface area is 253 Å². The molecule has 5 heteroatoms. The van der Waals surface area contributed by atoms with E-state index in [2.05, 4.69) is 67.6 Å². The smallest absolute Gasteiger partial charge is 0.316 e. The fourth-order valence-electron chi connectivity index (χ4n) is 6.19. The Balaban J connectivity index is 1.26. The molecule has 0 spiro atoms. The van der Waals surface area contributed by atoms with E-state index in [9.17, 15) is 0 Å². The lowest BCUT2D eigenvalue weighted by Gasteiger charge is -2.44. The minimum atomic E-state index is -1.26. The van der Waals surface area contributed by atoms with Crippen LogP contribution in [0.15, 0.2) is 60.7 Å². The summed E-state index contributed by atoms with van der Waals surface area (Å²) in [5, 5.41) is 0. The number of benzene rings is 2. The van der Waals surface area contributed by atoms with Crippen molar-refractivity contribution in [2.75, 3.05) is 26.8 Å². The van der Waals surface area contributed by atoms with Gasteiger partial charge in [-0.05, 0) is 6.42 Å². The molecule has 1 heterocycles. The van der Waals surface area contributed by atoms with E-state index in [-0.39, 0.29) is 6.10 Å². The first-order valence-corrected chi connectivity index (χ1v) is 17.9. The molecular formula is C36H59NO3P+. The lowest BCUT2D eigenvalue weighted by molar-refractivity contribution is -0.958. The average Bonchev–Trinajstić information content (AvgIpc) is 3.00. The van der Waals surface area contributed by atoms with Gasteiger partial charge in [0.05, 0.1) is 25.8 Å². The predicted octanol–water partition coefficient (Wildman–Crippen LogP) is 10.8. The van der Waals surface area contributed by atoms with Gasteiger partial charge in [0.2, 0.25) is 0 Å². The van der Waals surface area contributed by atoms with Gasteiger partial charge < -0.3 is 18.1 Å². The van der Waals surface area contributed by atoms with E-state index in [1.165, 1.54) is 94.6 Å². The molecule has 2 aromatic rings. The molecule has 1 saturated heterocycles. The quantitative estimate of drug-likeness (QED) is 0.0739. The van der Waals surface area contributed by atoms with Crippen LogP contribution >= 0.6 is 8.60 Å². The summed E-state index contributed by atoms with van der Waals surface area (Å²) in [6, 6.07) is 21.9. The van der Waals surface area contributed by atoms with Crippen molar-refractivity contribution in [2.24, 2.45) is 0 Å².